The molecule has 4 aromatic carbocycles. The molecule has 0 saturated heterocycles. The Morgan fingerprint density at radius 2 is 1.12 bits per heavy atom. The minimum atomic E-state index is -3.06. The molecular weight excluding hydrogens is 759 g/mol. The average molecular weight is 816 g/mol. The number of allylic oxidation sites excluding steroid dienone is 4. The van der Waals surface area contributed by atoms with Crippen LogP contribution in [0.2, 0.25) is 23.3 Å². The van der Waals surface area contributed by atoms with Crippen LogP contribution in [-0.2, 0) is 43.6 Å². The van der Waals surface area contributed by atoms with Crippen LogP contribution < -0.4 is 8.51 Å². The van der Waals surface area contributed by atoms with Crippen molar-refractivity contribution in [3.8, 4) is 11.1 Å². The molecule has 6 rings (SSSR count). The summed E-state index contributed by atoms with van der Waals surface area (Å²) in [4.78, 5) is 0. The van der Waals surface area contributed by atoms with Crippen molar-refractivity contribution in [3.63, 3.8) is 0 Å². The summed E-state index contributed by atoms with van der Waals surface area (Å²) in [5, 5.41) is 1.53. The fourth-order valence-electron chi connectivity index (χ4n) is 7.51. The number of hydrogen-bond donors (Lipinski definition) is 0. The van der Waals surface area contributed by atoms with E-state index >= 15 is 0 Å². The van der Waals surface area contributed by atoms with Gasteiger partial charge in [-0.15, -0.1) is 0 Å². The van der Waals surface area contributed by atoms with Gasteiger partial charge in [0.1, 0.15) is 0 Å². The summed E-state index contributed by atoms with van der Waals surface area (Å²) in [7, 11) is -1.43. The Labute approximate surface area is 300 Å². The van der Waals surface area contributed by atoms with Gasteiger partial charge in [-0.1, -0.05) is 0 Å². The third kappa shape index (κ3) is 6.86. The van der Waals surface area contributed by atoms with Crippen molar-refractivity contribution in [1.82, 2.24) is 0 Å². The summed E-state index contributed by atoms with van der Waals surface area (Å²) in [6.45, 7) is 28.7. The first-order chi connectivity index (χ1) is 22.3. The minimum absolute atomic E-state index is 0.0422. The molecule has 2 aliphatic rings. The first-order valence-corrected chi connectivity index (χ1v) is 27.1. The van der Waals surface area contributed by atoms with Gasteiger partial charge in [-0.3, -0.25) is 0 Å². The fourth-order valence-corrected chi connectivity index (χ4v) is 22.2. The Morgan fingerprint density at radius 1 is 0.604 bits per heavy atom. The molecule has 0 N–H and O–H groups in total. The van der Waals surface area contributed by atoms with Crippen molar-refractivity contribution in [3.05, 3.63) is 142 Å². The van der Waals surface area contributed by atoms with Gasteiger partial charge in [0.15, 0.2) is 0 Å². The van der Waals surface area contributed by atoms with Gasteiger partial charge in [0, 0.05) is 0 Å². The van der Waals surface area contributed by atoms with Gasteiger partial charge < -0.3 is 0 Å². The van der Waals surface area contributed by atoms with Gasteiger partial charge >= 0.3 is 302 Å². The molecular formula is C46H56HfSi. The van der Waals surface area contributed by atoms with Gasteiger partial charge in [-0.25, -0.2) is 0 Å². The Hall–Kier alpha value is -2.68. The molecule has 0 aromatic heterocycles. The molecule has 48 heavy (non-hydrogen) atoms. The molecule has 2 aliphatic carbocycles. The summed E-state index contributed by atoms with van der Waals surface area (Å²) >= 11 is -3.06. The van der Waals surface area contributed by atoms with Crippen LogP contribution in [0.5, 0.6) is 0 Å². The molecule has 0 amide bonds. The van der Waals surface area contributed by atoms with Gasteiger partial charge in [0.2, 0.25) is 0 Å². The molecule has 0 spiro atoms. The predicted octanol–water partition coefficient (Wildman–Crippen LogP) is 11.1. The van der Waals surface area contributed by atoms with E-state index in [0.717, 1.165) is 6.42 Å². The van der Waals surface area contributed by atoms with Crippen LogP contribution >= 0.6 is 0 Å². The molecule has 0 radical (unpaired) electrons. The third-order valence-corrected chi connectivity index (χ3v) is 24.3. The van der Waals surface area contributed by atoms with E-state index in [2.05, 4.69) is 185 Å². The Bertz CT molecular complexity index is 1870. The molecule has 0 aliphatic heterocycles. The fraction of sp³-hybridized carbons (Fsp3) is 0.370. The Morgan fingerprint density at radius 3 is 1.65 bits per heavy atom. The first kappa shape index (κ1) is 35.2. The van der Waals surface area contributed by atoms with Gasteiger partial charge in [0.25, 0.3) is 0 Å². The SMILES string of the molecule is CC(C)(C)c1ccc([C](c2ccc([Si](C)(C)C)cc2)=[Hf]([c]2c(C(C)(C)C)ccc3c2Cc2cc(C(C)(C)C)ccc2-3)[CH]2C=CC=C2)cc1. The van der Waals surface area contributed by atoms with E-state index in [0.29, 0.717) is 3.67 Å². The topological polar surface area (TPSA) is 0 Å². The predicted molar refractivity (Wildman–Crippen MR) is 212 cm³/mol. The summed E-state index contributed by atoms with van der Waals surface area (Å²) in [6, 6.07) is 31.9. The van der Waals surface area contributed by atoms with Crippen molar-refractivity contribution >= 4 is 19.8 Å². The van der Waals surface area contributed by atoms with E-state index in [1.807, 2.05) is 0 Å². The van der Waals surface area contributed by atoms with Crippen LogP contribution in [-0.4, -0.2) is 11.3 Å². The van der Waals surface area contributed by atoms with Crippen molar-refractivity contribution < 1.29 is 21.0 Å². The van der Waals surface area contributed by atoms with Gasteiger partial charge in [0.05, 0.1) is 0 Å². The maximum absolute atomic E-state index is 3.06. The maximum atomic E-state index is 2.54. The zero-order valence-corrected chi connectivity index (χ0v) is 36.2. The standard InChI is InChI=1S/C21H25.C20H26Si.C5H5.Hf/c1-20(2,3)16-7-9-18-14(12-16)11-15-13-17(21(4,5)6)8-10-19(15)18;1-20(2,3)18-11-7-16(8-12-18)15-17-9-13-19(14-10-17)21(4,5)6;1-2-4-5-3-1;/h7-10,12H,11H2,1-6H3;7-14H,1-6H3;1-5H;. The quantitative estimate of drug-likeness (QED) is 0.155. The Kier molecular flexibility index (Phi) is 9.21. The van der Waals surface area contributed by atoms with E-state index in [-0.39, 0.29) is 16.2 Å². The van der Waals surface area contributed by atoms with Crippen molar-refractivity contribution in [2.24, 2.45) is 0 Å². The molecule has 0 nitrogen and oxygen atoms in total. The number of rotatable bonds is 5. The van der Waals surface area contributed by atoms with Gasteiger partial charge in [-0.05, 0) is 0 Å². The zero-order valence-electron chi connectivity index (χ0n) is 31.6. The molecule has 0 bridgehead atoms. The Balaban J connectivity index is 1.71. The van der Waals surface area contributed by atoms with E-state index in [9.17, 15) is 0 Å². The molecule has 0 heterocycles. The second kappa shape index (κ2) is 12.6. The molecule has 0 fully saturated rings. The van der Waals surface area contributed by atoms with E-state index in [1.165, 1.54) is 44.1 Å². The molecule has 0 saturated carbocycles. The summed E-state index contributed by atoms with van der Waals surface area (Å²) < 4.78 is 3.86. The van der Waals surface area contributed by atoms with E-state index < -0.39 is 29.0 Å². The van der Waals surface area contributed by atoms with Crippen LogP contribution in [0.3, 0.4) is 0 Å². The zero-order chi connectivity index (χ0) is 34.8. The van der Waals surface area contributed by atoms with Crippen LogP contribution in [0.4, 0.5) is 0 Å². The molecule has 0 atom stereocenters. The monoisotopic (exact) mass is 816 g/mol. The summed E-state index contributed by atoms with van der Waals surface area (Å²) in [5.41, 5.74) is 13.6. The number of benzene rings is 4. The van der Waals surface area contributed by atoms with Gasteiger partial charge in [-0.2, -0.15) is 0 Å². The first-order valence-electron chi connectivity index (χ1n) is 18.0. The van der Waals surface area contributed by atoms with Crippen molar-refractivity contribution in [2.45, 2.75) is 108 Å². The van der Waals surface area contributed by atoms with Crippen LogP contribution in [0.1, 0.15) is 101 Å². The molecule has 0 unspecified atom stereocenters. The van der Waals surface area contributed by atoms with E-state index in [1.54, 1.807) is 17.7 Å². The number of fused-ring (bicyclic) bond motifs is 3. The van der Waals surface area contributed by atoms with E-state index in [4.69, 9.17) is 0 Å². The second-order valence-electron chi connectivity index (χ2n) is 18.3. The van der Waals surface area contributed by atoms with Crippen LogP contribution in [0.25, 0.3) is 11.1 Å². The summed E-state index contributed by atoms with van der Waals surface area (Å²) in [5.74, 6) is 0. The molecule has 248 valence electrons. The average Bonchev–Trinajstić information content (AvgIpc) is 3.66. The summed E-state index contributed by atoms with van der Waals surface area (Å²) in [6.07, 6.45) is 10.7. The van der Waals surface area contributed by atoms with Crippen molar-refractivity contribution in [1.29, 1.82) is 0 Å². The number of hydrogen-bond acceptors (Lipinski definition) is 0. The third-order valence-electron chi connectivity index (χ3n) is 10.4. The van der Waals surface area contributed by atoms with Crippen LogP contribution in [0, 0.1) is 0 Å². The molecule has 2 heteroatoms. The molecule has 4 aromatic rings. The normalized spacial score (nSPS) is 15.5. The van der Waals surface area contributed by atoms with Crippen LogP contribution in [0.15, 0.2) is 103 Å². The van der Waals surface area contributed by atoms with Crippen molar-refractivity contribution in [2.75, 3.05) is 0 Å². The second-order valence-corrected chi connectivity index (χ2v) is 32.3.